The summed E-state index contributed by atoms with van der Waals surface area (Å²) in [6.45, 7) is 0.433. The van der Waals surface area contributed by atoms with E-state index in [0.29, 0.717) is 30.0 Å². The summed E-state index contributed by atoms with van der Waals surface area (Å²) in [6, 6.07) is 13.0. The Kier molecular flexibility index (Phi) is 7.83. The number of likely N-dealkylation sites (tertiary alicyclic amines) is 1. The summed E-state index contributed by atoms with van der Waals surface area (Å²) in [7, 11) is 1.38. The van der Waals surface area contributed by atoms with Gasteiger partial charge in [0.15, 0.2) is 12.2 Å². The minimum atomic E-state index is -1.12. The summed E-state index contributed by atoms with van der Waals surface area (Å²) in [5.41, 5.74) is 1.21. The van der Waals surface area contributed by atoms with Crippen LogP contribution in [0.2, 0.25) is 10.0 Å². The first kappa shape index (κ1) is 24.9. The van der Waals surface area contributed by atoms with Gasteiger partial charge in [0.1, 0.15) is 18.4 Å². The number of rotatable bonds is 7. The number of nitrogens with zero attached hydrogens (tertiary/aromatic N) is 1. The van der Waals surface area contributed by atoms with Gasteiger partial charge in [0, 0.05) is 22.2 Å². The van der Waals surface area contributed by atoms with Gasteiger partial charge in [0.05, 0.1) is 13.2 Å². The van der Waals surface area contributed by atoms with Gasteiger partial charge in [-0.2, -0.15) is 0 Å². The van der Waals surface area contributed by atoms with E-state index in [4.69, 9.17) is 42.1 Å². The molecule has 2 aromatic carbocycles. The number of halogens is 2. The SMILES string of the molecule is COC1=CC(=O)OC1C(OC(=O)[C@@H]1CCCN1C(=O)OCc1ccccc1)c1ccc(Cl)cc1Cl. The maximum atomic E-state index is 13.3. The van der Waals surface area contributed by atoms with E-state index in [2.05, 4.69) is 0 Å². The molecular formula is C25H23Cl2NO7. The van der Waals surface area contributed by atoms with Gasteiger partial charge >= 0.3 is 18.0 Å². The van der Waals surface area contributed by atoms with Gasteiger partial charge in [-0.3, -0.25) is 4.90 Å². The molecule has 1 amide bonds. The number of hydrogen-bond donors (Lipinski definition) is 0. The molecule has 184 valence electrons. The van der Waals surface area contributed by atoms with Crippen molar-refractivity contribution in [2.45, 2.75) is 37.7 Å². The molecule has 0 bridgehead atoms. The minimum absolute atomic E-state index is 0.0843. The van der Waals surface area contributed by atoms with Crippen molar-refractivity contribution in [2.24, 2.45) is 0 Å². The molecule has 4 rings (SSSR count). The van der Waals surface area contributed by atoms with Gasteiger partial charge in [0.25, 0.3) is 0 Å². The average Bonchev–Trinajstić information content (AvgIpc) is 3.49. The number of benzene rings is 2. The summed E-state index contributed by atoms with van der Waals surface area (Å²) < 4.78 is 21.9. The number of carbonyl (C=O) groups is 3. The molecule has 2 unspecified atom stereocenters. The quantitative estimate of drug-likeness (QED) is 0.381. The van der Waals surface area contributed by atoms with E-state index in [-0.39, 0.29) is 17.4 Å². The summed E-state index contributed by atoms with van der Waals surface area (Å²) in [6.07, 6.45) is -0.591. The van der Waals surface area contributed by atoms with Crippen LogP contribution in [-0.2, 0) is 35.1 Å². The maximum absolute atomic E-state index is 13.3. The second kappa shape index (κ2) is 11.0. The standard InChI is InChI=1S/C25H23Cl2NO7/c1-32-20-13-21(29)34-23(20)22(17-10-9-16(26)12-18(17)27)35-24(30)19-8-5-11-28(19)25(31)33-14-15-6-3-2-4-7-15/h2-4,6-7,9-10,12-13,19,22-23H,5,8,11,14H2,1H3/t19-,22?,23?/m0/s1. The molecule has 0 spiro atoms. The minimum Gasteiger partial charge on any atom is -0.497 e. The summed E-state index contributed by atoms with van der Waals surface area (Å²) in [4.78, 5) is 39.3. The fourth-order valence-corrected chi connectivity index (χ4v) is 4.57. The lowest BCUT2D eigenvalue weighted by Crippen LogP contribution is -2.43. The van der Waals surface area contributed by atoms with Crippen LogP contribution in [0.5, 0.6) is 0 Å². The number of hydrogen-bond acceptors (Lipinski definition) is 7. The molecule has 2 heterocycles. The zero-order valence-corrected chi connectivity index (χ0v) is 20.3. The highest BCUT2D eigenvalue weighted by atomic mass is 35.5. The second-order valence-electron chi connectivity index (χ2n) is 8.02. The van der Waals surface area contributed by atoms with Crippen LogP contribution in [0, 0.1) is 0 Å². The Labute approximate surface area is 212 Å². The Balaban J connectivity index is 1.52. The second-order valence-corrected chi connectivity index (χ2v) is 8.87. The van der Waals surface area contributed by atoms with Crippen molar-refractivity contribution < 1.29 is 33.3 Å². The number of methoxy groups -OCH3 is 1. The predicted molar refractivity (Wildman–Crippen MR) is 127 cm³/mol. The average molecular weight is 520 g/mol. The zero-order chi connectivity index (χ0) is 24.9. The smallest absolute Gasteiger partial charge is 0.410 e. The number of cyclic esters (lactones) is 1. The molecule has 8 nitrogen and oxygen atoms in total. The van der Waals surface area contributed by atoms with Gasteiger partial charge in [-0.25, -0.2) is 14.4 Å². The van der Waals surface area contributed by atoms with Gasteiger partial charge in [-0.1, -0.05) is 59.6 Å². The molecule has 0 radical (unpaired) electrons. The predicted octanol–water partition coefficient (Wildman–Crippen LogP) is 4.83. The molecule has 0 N–H and O–H groups in total. The van der Waals surface area contributed by atoms with Crippen molar-refractivity contribution >= 4 is 41.2 Å². The van der Waals surface area contributed by atoms with Crippen LogP contribution < -0.4 is 0 Å². The molecule has 0 aliphatic carbocycles. The Morgan fingerprint density at radius 3 is 2.66 bits per heavy atom. The van der Waals surface area contributed by atoms with Gasteiger partial charge in [0.2, 0.25) is 0 Å². The summed E-state index contributed by atoms with van der Waals surface area (Å²) >= 11 is 12.4. The van der Waals surface area contributed by atoms with Gasteiger partial charge < -0.3 is 18.9 Å². The molecule has 2 aliphatic heterocycles. The number of ether oxygens (including phenoxy) is 4. The molecule has 0 aromatic heterocycles. The molecular weight excluding hydrogens is 497 g/mol. The van der Waals surface area contributed by atoms with Crippen molar-refractivity contribution in [3.8, 4) is 0 Å². The number of esters is 2. The van der Waals surface area contributed by atoms with Crippen molar-refractivity contribution in [1.29, 1.82) is 0 Å². The largest absolute Gasteiger partial charge is 0.497 e. The molecule has 35 heavy (non-hydrogen) atoms. The molecule has 10 heteroatoms. The first-order chi connectivity index (χ1) is 16.9. The van der Waals surface area contributed by atoms with E-state index in [1.807, 2.05) is 30.3 Å². The number of amides is 1. The third-order valence-electron chi connectivity index (χ3n) is 5.77. The van der Waals surface area contributed by atoms with Crippen LogP contribution in [0.3, 0.4) is 0 Å². The van der Waals surface area contributed by atoms with Crippen LogP contribution in [0.1, 0.15) is 30.1 Å². The molecule has 0 saturated carbocycles. The van der Waals surface area contributed by atoms with Gasteiger partial charge in [-0.05, 0) is 30.5 Å². The Morgan fingerprint density at radius 2 is 1.94 bits per heavy atom. The van der Waals surface area contributed by atoms with Crippen molar-refractivity contribution in [2.75, 3.05) is 13.7 Å². The van der Waals surface area contributed by atoms with E-state index >= 15 is 0 Å². The summed E-state index contributed by atoms with van der Waals surface area (Å²) in [5.74, 6) is -1.12. The van der Waals surface area contributed by atoms with Crippen LogP contribution in [0.15, 0.2) is 60.4 Å². The van der Waals surface area contributed by atoms with E-state index in [0.717, 1.165) is 5.56 Å². The van der Waals surface area contributed by atoms with E-state index in [9.17, 15) is 14.4 Å². The van der Waals surface area contributed by atoms with E-state index in [1.165, 1.54) is 24.2 Å². The fourth-order valence-electron chi connectivity index (χ4n) is 4.06. The van der Waals surface area contributed by atoms with Crippen LogP contribution >= 0.6 is 23.2 Å². The monoisotopic (exact) mass is 519 g/mol. The topological polar surface area (TPSA) is 91.4 Å². The zero-order valence-electron chi connectivity index (χ0n) is 18.8. The van der Waals surface area contributed by atoms with Crippen LogP contribution in [-0.4, -0.2) is 48.7 Å². The maximum Gasteiger partial charge on any atom is 0.410 e. The van der Waals surface area contributed by atoms with Crippen LogP contribution in [0.4, 0.5) is 4.79 Å². The molecule has 1 saturated heterocycles. The Morgan fingerprint density at radius 1 is 1.17 bits per heavy atom. The molecule has 1 fully saturated rings. The van der Waals surface area contributed by atoms with Crippen molar-refractivity contribution in [3.05, 3.63) is 81.5 Å². The molecule has 3 atom stereocenters. The van der Waals surface area contributed by atoms with Crippen molar-refractivity contribution in [3.63, 3.8) is 0 Å². The normalized spacial score (nSPS) is 20.1. The molecule has 2 aromatic rings. The highest BCUT2D eigenvalue weighted by Crippen LogP contribution is 2.37. The van der Waals surface area contributed by atoms with E-state index < -0.39 is 36.3 Å². The molecule has 2 aliphatic rings. The highest BCUT2D eigenvalue weighted by Gasteiger charge is 2.43. The number of carbonyl (C=O) groups excluding carboxylic acids is 3. The fraction of sp³-hybridized carbons (Fsp3) is 0.320. The third-order valence-corrected chi connectivity index (χ3v) is 6.33. The first-order valence-corrected chi connectivity index (χ1v) is 11.7. The Bertz CT molecular complexity index is 1140. The van der Waals surface area contributed by atoms with Gasteiger partial charge in [-0.15, -0.1) is 0 Å². The lowest BCUT2D eigenvalue weighted by atomic mass is 10.0. The lowest BCUT2D eigenvalue weighted by molar-refractivity contribution is -0.166. The van der Waals surface area contributed by atoms with Crippen LogP contribution in [0.25, 0.3) is 0 Å². The van der Waals surface area contributed by atoms with Crippen molar-refractivity contribution in [1.82, 2.24) is 4.90 Å². The Hall–Kier alpha value is -3.23. The highest BCUT2D eigenvalue weighted by molar-refractivity contribution is 6.35. The summed E-state index contributed by atoms with van der Waals surface area (Å²) in [5, 5.41) is 0.608. The van der Waals surface area contributed by atoms with E-state index in [1.54, 1.807) is 12.1 Å². The first-order valence-electron chi connectivity index (χ1n) is 11.0. The lowest BCUT2D eigenvalue weighted by Gasteiger charge is -2.29. The third kappa shape index (κ3) is 5.71.